The zero-order valence-corrected chi connectivity index (χ0v) is 10.3. The number of aryl methyl sites for hydroxylation is 1. The fourth-order valence-corrected chi connectivity index (χ4v) is 1.86. The standard InChI is InChI=1S/C14H20N2/c1-3-5-7-12-10-16-11-13(9-15)14(12)8-6-4-2/h10-11H,3-8H2,1-2H3. The van der Waals surface area contributed by atoms with Crippen LogP contribution < -0.4 is 0 Å². The van der Waals surface area contributed by atoms with Crippen LogP contribution in [0.3, 0.4) is 0 Å². The van der Waals surface area contributed by atoms with E-state index < -0.39 is 0 Å². The average Bonchev–Trinajstić information content (AvgIpc) is 2.33. The highest BCUT2D eigenvalue weighted by atomic mass is 14.6. The Bertz CT molecular complexity index is 363. The molecule has 0 N–H and O–H groups in total. The van der Waals surface area contributed by atoms with Gasteiger partial charge in [0.15, 0.2) is 0 Å². The lowest BCUT2D eigenvalue weighted by Gasteiger charge is -2.09. The maximum Gasteiger partial charge on any atom is 0.101 e. The minimum atomic E-state index is 0.766. The van der Waals surface area contributed by atoms with E-state index >= 15 is 0 Å². The second kappa shape index (κ2) is 7.00. The van der Waals surface area contributed by atoms with Crippen molar-refractivity contribution in [1.82, 2.24) is 4.98 Å². The summed E-state index contributed by atoms with van der Waals surface area (Å²) in [6, 6.07) is 2.26. The minimum absolute atomic E-state index is 0.766. The summed E-state index contributed by atoms with van der Waals surface area (Å²) in [5.74, 6) is 0. The Labute approximate surface area is 98.3 Å². The Kier molecular flexibility index (Phi) is 5.56. The number of rotatable bonds is 6. The topological polar surface area (TPSA) is 36.7 Å². The van der Waals surface area contributed by atoms with Gasteiger partial charge in [-0.25, -0.2) is 0 Å². The van der Waals surface area contributed by atoms with Crippen molar-refractivity contribution in [2.75, 3.05) is 0 Å². The van der Waals surface area contributed by atoms with Crippen LogP contribution in [0.15, 0.2) is 12.4 Å². The van der Waals surface area contributed by atoms with Gasteiger partial charge in [-0.2, -0.15) is 5.26 Å². The van der Waals surface area contributed by atoms with Crippen molar-refractivity contribution in [3.63, 3.8) is 0 Å². The summed E-state index contributed by atoms with van der Waals surface area (Å²) in [6.45, 7) is 4.37. The zero-order valence-electron chi connectivity index (χ0n) is 10.3. The fraction of sp³-hybridized carbons (Fsp3) is 0.571. The highest BCUT2D eigenvalue weighted by Gasteiger charge is 2.07. The maximum absolute atomic E-state index is 9.08. The molecule has 0 aliphatic rings. The van der Waals surface area contributed by atoms with Gasteiger partial charge >= 0.3 is 0 Å². The normalized spacial score (nSPS) is 10.1. The fourth-order valence-electron chi connectivity index (χ4n) is 1.86. The van der Waals surface area contributed by atoms with E-state index in [0.29, 0.717) is 0 Å². The molecular weight excluding hydrogens is 196 g/mol. The average molecular weight is 216 g/mol. The molecule has 0 amide bonds. The van der Waals surface area contributed by atoms with Crippen LogP contribution in [0, 0.1) is 11.3 Å². The Hall–Kier alpha value is -1.36. The first-order valence-corrected chi connectivity index (χ1v) is 6.19. The molecule has 1 heterocycles. The molecular formula is C14H20N2. The number of nitriles is 1. The van der Waals surface area contributed by atoms with E-state index in [1.807, 2.05) is 6.20 Å². The Morgan fingerprint density at radius 1 is 1.12 bits per heavy atom. The summed E-state index contributed by atoms with van der Waals surface area (Å²) in [5.41, 5.74) is 3.27. The molecule has 1 aromatic heterocycles. The minimum Gasteiger partial charge on any atom is -0.263 e. The van der Waals surface area contributed by atoms with Gasteiger partial charge in [-0.05, 0) is 36.8 Å². The summed E-state index contributed by atoms with van der Waals surface area (Å²) in [7, 11) is 0. The second-order valence-electron chi connectivity index (χ2n) is 4.14. The number of hydrogen-bond donors (Lipinski definition) is 0. The summed E-state index contributed by atoms with van der Waals surface area (Å²) in [4.78, 5) is 4.15. The number of nitrogens with zero attached hydrogens (tertiary/aromatic N) is 2. The Morgan fingerprint density at radius 3 is 2.44 bits per heavy atom. The first-order valence-electron chi connectivity index (χ1n) is 6.19. The van der Waals surface area contributed by atoms with Crippen LogP contribution >= 0.6 is 0 Å². The molecule has 0 aromatic carbocycles. The van der Waals surface area contributed by atoms with E-state index in [0.717, 1.165) is 24.8 Å². The predicted octanol–water partition coefficient (Wildman–Crippen LogP) is 3.64. The molecule has 0 radical (unpaired) electrons. The molecule has 2 nitrogen and oxygen atoms in total. The van der Waals surface area contributed by atoms with E-state index in [4.69, 9.17) is 5.26 Å². The van der Waals surface area contributed by atoms with Crippen molar-refractivity contribution in [2.45, 2.75) is 52.4 Å². The smallest absolute Gasteiger partial charge is 0.101 e. The van der Waals surface area contributed by atoms with Gasteiger partial charge in [0, 0.05) is 12.4 Å². The van der Waals surface area contributed by atoms with Crippen LogP contribution in [0.5, 0.6) is 0 Å². The molecule has 0 atom stereocenters. The van der Waals surface area contributed by atoms with Crippen molar-refractivity contribution >= 4 is 0 Å². The third-order valence-electron chi connectivity index (χ3n) is 2.85. The van der Waals surface area contributed by atoms with Gasteiger partial charge in [0.2, 0.25) is 0 Å². The van der Waals surface area contributed by atoms with Gasteiger partial charge in [0.1, 0.15) is 6.07 Å². The van der Waals surface area contributed by atoms with E-state index in [1.165, 1.54) is 30.4 Å². The van der Waals surface area contributed by atoms with Crippen LogP contribution in [0.2, 0.25) is 0 Å². The number of hydrogen-bond acceptors (Lipinski definition) is 2. The van der Waals surface area contributed by atoms with E-state index in [1.54, 1.807) is 6.20 Å². The highest BCUT2D eigenvalue weighted by molar-refractivity contribution is 5.40. The van der Waals surface area contributed by atoms with Crippen LogP contribution in [0.4, 0.5) is 0 Å². The molecule has 0 aliphatic carbocycles. The second-order valence-corrected chi connectivity index (χ2v) is 4.14. The van der Waals surface area contributed by atoms with Gasteiger partial charge in [-0.3, -0.25) is 4.98 Å². The molecule has 0 aliphatic heterocycles. The number of pyridine rings is 1. The van der Waals surface area contributed by atoms with Crippen molar-refractivity contribution in [3.8, 4) is 6.07 Å². The molecule has 2 heteroatoms. The SMILES string of the molecule is CCCCc1cncc(C#N)c1CCCC. The van der Waals surface area contributed by atoms with Crippen molar-refractivity contribution in [1.29, 1.82) is 5.26 Å². The van der Waals surface area contributed by atoms with Gasteiger partial charge in [-0.1, -0.05) is 26.7 Å². The molecule has 1 aromatic rings. The molecule has 0 spiro atoms. The lowest BCUT2D eigenvalue weighted by atomic mass is 9.96. The van der Waals surface area contributed by atoms with Crippen LogP contribution in [-0.4, -0.2) is 4.98 Å². The Balaban J connectivity index is 2.91. The molecule has 0 saturated heterocycles. The number of aromatic nitrogens is 1. The largest absolute Gasteiger partial charge is 0.263 e. The quantitative estimate of drug-likeness (QED) is 0.728. The maximum atomic E-state index is 9.08. The van der Waals surface area contributed by atoms with Crippen molar-refractivity contribution < 1.29 is 0 Å². The predicted molar refractivity (Wildman–Crippen MR) is 66.2 cm³/mol. The summed E-state index contributed by atoms with van der Waals surface area (Å²) >= 11 is 0. The van der Waals surface area contributed by atoms with Gasteiger partial charge in [-0.15, -0.1) is 0 Å². The van der Waals surface area contributed by atoms with E-state index in [9.17, 15) is 0 Å². The van der Waals surface area contributed by atoms with Gasteiger partial charge in [0.25, 0.3) is 0 Å². The van der Waals surface area contributed by atoms with E-state index in [2.05, 4.69) is 24.9 Å². The first kappa shape index (κ1) is 12.7. The van der Waals surface area contributed by atoms with E-state index in [-0.39, 0.29) is 0 Å². The molecule has 0 saturated carbocycles. The van der Waals surface area contributed by atoms with Crippen molar-refractivity contribution in [3.05, 3.63) is 29.1 Å². The summed E-state index contributed by atoms with van der Waals surface area (Å²) in [5, 5.41) is 9.08. The van der Waals surface area contributed by atoms with Crippen LogP contribution in [0.1, 0.15) is 56.2 Å². The third-order valence-corrected chi connectivity index (χ3v) is 2.85. The third kappa shape index (κ3) is 3.34. The first-order chi connectivity index (χ1) is 7.83. The van der Waals surface area contributed by atoms with Crippen LogP contribution in [-0.2, 0) is 12.8 Å². The molecule has 1 rings (SSSR count). The molecule has 16 heavy (non-hydrogen) atoms. The van der Waals surface area contributed by atoms with Crippen LogP contribution in [0.25, 0.3) is 0 Å². The molecule has 0 bridgehead atoms. The lowest BCUT2D eigenvalue weighted by molar-refractivity contribution is 0.753. The van der Waals surface area contributed by atoms with Gasteiger partial charge in [0.05, 0.1) is 5.56 Å². The lowest BCUT2D eigenvalue weighted by Crippen LogP contribution is -2.00. The van der Waals surface area contributed by atoms with Gasteiger partial charge < -0.3 is 0 Å². The number of unbranched alkanes of at least 4 members (excludes halogenated alkanes) is 2. The monoisotopic (exact) mass is 216 g/mol. The summed E-state index contributed by atoms with van der Waals surface area (Å²) < 4.78 is 0. The zero-order chi connectivity index (χ0) is 11.8. The highest BCUT2D eigenvalue weighted by Crippen LogP contribution is 2.17. The molecule has 0 unspecified atom stereocenters. The molecule has 0 fully saturated rings. The summed E-state index contributed by atoms with van der Waals surface area (Å²) in [6.07, 6.45) is 10.4. The Morgan fingerprint density at radius 2 is 1.81 bits per heavy atom. The van der Waals surface area contributed by atoms with Crippen molar-refractivity contribution in [2.24, 2.45) is 0 Å². The molecule has 86 valence electrons.